The lowest BCUT2D eigenvalue weighted by Gasteiger charge is -2.06. The first kappa shape index (κ1) is 12.3. The largest absolute Gasteiger partial charge is 0.0937 e. The van der Waals surface area contributed by atoms with E-state index in [1.165, 1.54) is 22.3 Å². The molecule has 0 N–H and O–H groups in total. The van der Waals surface area contributed by atoms with Crippen LogP contribution in [0.5, 0.6) is 0 Å². The molecule has 1 rings (SSSR count). The summed E-state index contributed by atoms with van der Waals surface area (Å²) in [6.45, 7) is 6.87. The standard InChI is InChI=1S/C13H17N3/c1-10-8-11(2)13(12(3)9-10)6-4-5-7-15-16-14/h4,6,8-9H,5,7H2,1-3H3. The van der Waals surface area contributed by atoms with Crippen LogP contribution in [0.15, 0.2) is 23.3 Å². The predicted octanol–water partition coefficient (Wildman–Crippen LogP) is 4.33. The van der Waals surface area contributed by atoms with Crippen molar-refractivity contribution in [1.29, 1.82) is 0 Å². The normalized spacial score (nSPS) is 10.4. The van der Waals surface area contributed by atoms with Crippen LogP contribution in [0.25, 0.3) is 16.5 Å². The Labute approximate surface area is 96.4 Å². The maximum Gasteiger partial charge on any atom is 0.0292 e. The van der Waals surface area contributed by atoms with E-state index in [1.54, 1.807) is 0 Å². The second kappa shape index (κ2) is 5.99. The van der Waals surface area contributed by atoms with Gasteiger partial charge in [-0.3, -0.25) is 0 Å². The highest BCUT2D eigenvalue weighted by atomic mass is 15.1. The first-order valence-corrected chi connectivity index (χ1v) is 5.40. The number of rotatable bonds is 4. The number of aryl methyl sites for hydroxylation is 3. The molecule has 0 spiro atoms. The summed E-state index contributed by atoms with van der Waals surface area (Å²) in [4.78, 5) is 2.72. The van der Waals surface area contributed by atoms with Gasteiger partial charge >= 0.3 is 0 Å². The molecule has 3 heteroatoms. The molecule has 0 aliphatic rings. The molecule has 3 nitrogen and oxygen atoms in total. The molecule has 0 unspecified atom stereocenters. The predicted molar refractivity (Wildman–Crippen MR) is 68.3 cm³/mol. The van der Waals surface area contributed by atoms with Crippen LogP contribution >= 0.6 is 0 Å². The second-order valence-corrected chi connectivity index (χ2v) is 3.96. The van der Waals surface area contributed by atoms with Crippen LogP contribution in [0.2, 0.25) is 0 Å². The van der Waals surface area contributed by atoms with Crippen LogP contribution in [0.1, 0.15) is 28.7 Å². The van der Waals surface area contributed by atoms with Gasteiger partial charge < -0.3 is 0 Å². The summed E-state index contributed by atoms with van der Waals surface area (Å²) in [6.07, 6.45) is 4.95. The molecule has 16 heavy (non-hydrogen) atoms. The quantitative estimate of drug-likeness (QED) is 0.311. The van der Waals surface area contributed by atoms with Crippen molar-refractivity contribution in [1.82, 2.24) is 0 Å². The van der Waals surface area contributed by atoms with E-state index in [-0.39, 0.29) is 0 Å². The van der Waals surface area contributed by atoms with E-state index in [0.717, 1.165) is 6.42 Å². The summed E-state index contributed by atoms with van der Waals surface area (Å²) in [5.41, 5.74) is 13.3. The monoisotopic (exact) mass is 215 g/mol. The summed E-state index contributed by atoms with van der Waals surface area (Å²) in [7, 11) is 0. The van der Waals surface area contributed by atoms with Crippen LogP contribution in [-0.4, -0.2) is 6.54 Å². The van der Waals surface area contributed by atoms with Gasteiger partial charge in [-0.2, -0.15) is 0 Å². The summed E-state index contributed by atoms with van der Waals surface area (Å²) in [5.74, 6) is 0. The van der Waals surface area contributed by atoms with Gasteiger partial charge in [-0.15, -0.1) is 0 Å². The first-order valence-electron chi connectivity index (χ1n) is 5.40. The summed E-state index contributed by atoms with van der Waals surface area (Å²) < 4.78 is 0. The minimum Gasteiger partial charge on any atom is -0.0937 e. The lowest BCUT2D eigenvalue weighted by atomic mass is 9.99. The fourth-order valence-electron chi connectivity index (χ4n) is 1.83. The average molecular weight is 215 g/mol. The molecule has 0 saturated heterocycles. The lowest BCUT2D eigenvalue weighted by molar-refractivity contribution is 0.995. The van der Waals surface area contributed by atoms with E-state index >= 15 is 0 Å². The van der Waals surface area contributed by atoms with Crippen molar-refractivity contribution in [3.63, 3.8) is 0 Å². The topological polar surface area (TPSA) is 48.8 Å². The Bertz CT molecular complexity index is 417. The van der Waals surface area contributed by atoms with Crippen LogP contribution in [-0.2, 0) is 0 Å². The van der Waals surface area contributed by atoms with Gasteiger partial charge in [-0.1, -0.05) is 35.0 Å². The molecule has 0 heterocycles. The molecule has 0 aliphatic heterocycles. The van der Waals surface area contributed by atoms with E-state index in [9.17, 15) is 0 Å². The zero-order chi connectivity index (χ0) is 12.0. The minimum absolute atomic E-state index is 0.525. The van der Waals surface area contributed by atoms with Crippen molar-refractivity contribution in [3.05, 3.63) is 50.9 Å². The number of azide groups is 1. The molecule has 0 atom stereocenters. The molecule has 0 radical (unpaired) electrons. The molecule has 84 valence electrons. The highest BCUT2D eigenvalue weighted by molar-refractivity contribution is 5.58. The second-order valence-electron chi connectivity index (χ2n) is 3.96. The van der Waals surface area contributed by atoms with Gasteiger partial charge in [0.25, 0.3) is 0 Å². The zero-order valence-corrected chi connectivity index (χ0v) is 10.1. The van der Waals surface area contributed by atoms with Crippen molar-refractivity contribution in [2.45, 2.75) is 27.2 Å². The van der Waals surface area contributed by atoms with Gasteiger partial charge in [0, 0.05) is 11.5 Å². The number of benzene rings is 1. The third-order valence-corrected chi connectivity index (χ3v) is 2.48. The van der Waals surface area contributed by atoms with Gasteiger partial charge in [0.1, 0.15) is 0 Å². The third kappa shape index (κ3) is 3.44. The van der Waals surface area contributed by atoms with Crippen molar-refractivity contribution >= 4 is 6.08 Å². The van der Waals surface area contributed by atoms with E-state index in [1.807, 2.05) is 0 Å². The van der Waals surface area contributed by atoms with Crippen molar-refractivity contribution in [3.8, 4) is 0 Å². The number of hydrogen-bond donors (Lipinski definition) is 0. The molecule has 0 saturated carbocycles. The molecular weight excluding hydrogens is 198 g/mol. The van der Waals surface area contributed by atoms with Crippen LogP contribution in [0, 0.1) is 20.8 Å². The average Bonchev–Trinajstić information content (AvgIpc) is 2.20. The van der Waals surface area contributed by atoms with E-state index in [0.29, 0.717) is 6.54 Å². The Kier molecular flexibility index (Phi) is 4.62. The maximum absolute atomic E-state index is 8.14. The lowest BCUT2D eigenvalue weighted by Crippen LogP contribution is -1.88. The Balaban J connectivity index is 2.77. The fourth-order valence-corrected chi connectivity index (χ4v) is 1.83. The van der Waals surface area contributed by atoms with Gasteiger partial charge in [0.2, 0.25) is 0 Å². The zero-order valence-electron chi connectivity index (χ0n) is 10.1. The minimum atomic E-state index is 0.525. The Hall–Kier alpha value is -1.73. The van der Waals surface area contributed by atoms with E-state index in [4.69, 9.17) is 5.53 Å². The third-order valence-electron chi connectivity index (χ3n) is 2.48. The van der Waals surface area contributed by atoms with E-state index in [2.05, 4.69) is 55.1 Å². The molecule has 0 aliphatic carbocycles. The fraction of sp³-hybridized carbons (Fsp3) is 0.385. The van der Waals surface area contributed by atoms with Crippen LogP contribution < -0.4 is 0 Å². The molecular formula is C13H17N3. The first-order chi connectivity index (χ1) is 7.65. The van der Waals surface area contributed by atoms with E-state index < -0.39 is 0 Å². The molecule has 0 bridgehead atoms. The highest BCUT2D eigenvalue weighted by Crippen LogP contribution is 2.17. The SMILES string of the molecule is Cc1cc(C)c(C=CCCN=[N+]=[N-])c(C)c1. The summed E-state index contributed by atoms with van der Waals surface area (Å²) in [6, 6.07) is 4.36. The summed E-state index contributed by atoms with van der Waals surface area (Å²) >= 11 is 0. The van der Waals surface area contributed by atoms with Gasteiger partial charge in [0.05, 0.1) is 0 Å². The number of nitrogens with zero attached hydrogens (tertiary/aromatic N) is 3. The Morgan fingerprint density at radius 2 is 1.88 bits per heavy atom. The van der Waals surface area contributed by atoms with Gasteiger partial charge in [-0.05, 0) is 49.4 Å². The molecule has 1 aromatic carbocycles. The van der Waals surface area contributed by atoms with Gasteiger partial charge in [-0.25, -0.2) is 0 Å². The van der Waals surface area contributed by atoms with Crippen molar-refractivity contribution in [2.24, 2.45) is 5.11 Å². The Morgan fingerprint density at radius 3 is 2.44 bits per heavy atom. The van der Waals surface area contributed by atoms with Crippen LogP contribution in [0.3, 0.4) is 0 Å². The highest BCUT2D eigenvalue weighted by Gasteiger charge is 1.99. The molecule has 0 amide bonds. The molecule has 0 fully saturated rings. The van der Waals surface area contributed by atoms with Crippen molar-refractivity contribution in [2.75, 3.05) is 6.54 Å². The summed E-state index contributed by atoms with van der Waals surface area (Å²) in [5, 5.41) is 3.49. The Morgan fingerprint density at radius 1 is 1.25 bits per heavy atom. The molecule has 0 aromatic heterocycles. The maximum atomic E-state index is 8.14. The van der Waals surface area contributed by atoms with Crippen molar-refractivity contribution < 1.29 is 0 Å². The smallest absolute Gasteiger partial charge is 0.0292 e. The van der Waals surface area contributed by atoms with Gasteiger partial charge in [0.15, 0.2) is 0 Å². The van der Waals surface area contributed by atoms with Crippen LogP contribution in [0.4, 0.5) is 0 Å². The number of hydrogen-bond acceptors (Lipinski definition) is 1. The molecule has 1 aromatic rings.